The second-order valence-corrected chi connectivity index (χ2v) is 3.63. The molecule has 1 rings (SSSR count). The van der Waals surface area contributed by atoms with E-state index in [0.29, 0.717) is 13.0 Å². The summed E-state index contributed by atoms with van der Waals surface area (Å²) in [6, 6.07) is 0. The van der Waals surface area contributed by atoms with Gasteiger partial charge in [0.1, 0.15) is 6.61 Å². The molecule has 0 bridgehead atoms. The van der Waals surface area contributed by atoms with E-state index in [4.69, 9.17) is 10.5 Å². The third-order valence-corrected chi connectivity index (χ3v) is 2.01. The third kappa shape index (κ3) is 4.26. The van der Waals surface area contributed by atoms with Crippen LogP contribution in [-0.2, 0) is 9.47 Å². The Morgan fingerprint density at radius 2 is 2.14 bits per heavy atom. The molecule has 0 amide bonds. The van der Waals surface area contributed by atoms with Crippen LogP contribution in [0.3, 0.4) is 0 Å². The van der Waals surface area contributed by atoms with Crippen LogP contribution in [0.25, 0.3) is 0 Å². The lowest BCUT2D eigenvalue weighted by atomic mass is 9.95. The summed E-state index contributed by atoms with van der Waals surface area (Å²) in [6.07, 6.45) is -2.87. The monoisotopic (exact) mass is 213 g/mol. The first-order valence-electron chi connectivity index (χ1n) is 4.42. The maximum atomic E-state index is 11.7. The number of halogens is 3. The Bertz CT molecular complexity index is 178. The maximum Gasteiger partial charge on any atom is 0.411 e. The Morgan fingerprint density at radius 3 is 2.64 bits per heavy atom. The molecule has 0 aromatic carbocycles. The fraction of sp³-hybridized carbons (Fsp3) is 1.00. The normalized spacial score (nSPS) is 29.1. The summed E-state index contributed by atoms with van der Waals surface area (Å²) in [5, 5.41) is 0. The summed E-state index contributed by atoms with van der Waals surface area (Å²) < 4.78 is 44.8. The quantitative estimate of drug-likeness (QED) is 0.762. The highest BCUT2D eigenvalue weighted by Gasteiger charge is 2.32. The van der Waals surface area contributed by atoms with Gasteiger partial charge in [-0.25, -0.2) is 0 Å². The van der Waals surface area contributed by atoms with E-state index in [1.54, 1.807) is 0 Å². The van der Waals surface area contributed by atoms with Gasteiger partial charge < -0.3 is 15.2 Å². The lowest BCUT2D eigenvalue weighted by Gasteiger charge is -2.32. The van der Waals surface area contributed by atoms with Gasteiger partial charge in [0.2, 0.25) is 0 Å². The number of hydrogen-bond donors (Lipinski definition) is 1. The highest BCUT2D eigenvalue weighted by Crippen LogP contribution is 2.19. The largest absolute Gasteiger partial charge is 0.411 e. The fourth-order valence-corrected chi connectivity index (χ4v) is 1.36. The molecule has 0 saturated carbocycles. The minimum atomic E-state index is -4.29. The van der Waals surface area contributed by atoms with E-state index in [9.17, 15) is 13.2 Å². The summed E-state index contributed by atoms with van der Waals surface area (Å²) in [5.41, 5.74) is 5.02. The molecule has 1 aliphatic rings. The van der Waals surface area contributed by atoms with Gasteiger partial charge in [0.15, 0.2) is 0 Å². The van der Waals surface area contributed by atoms with Crippen molar-refractivity contribution in [3.05, 3.63) is 0 Å². The van der Waals surface area contributed by atoms with Crippen molar-refractivity contribution < 1.29 is 22.6 Å². The van der Waals surface area contributed by atoms with Crippen molar-refractivity contribution in [3.8, 4) is 0 Å². The second kappa shape index (κ2) is 4.46. The topological polar surface area (TPSA) is 44.5 Å². The van der Waals surface area contributed by atoms with Gasteiger partial charge in [-0.3, -0.25) is 0 Å². The van der Waals surface area contributed by atoms with Crippen LogP contribution in [0.5, 0.6) is 0 Å². The van der Waals surface area contributed by atoms with Crippen molar-refractivity contribution in [2.75, 3.05) is 26.4 Å². The van der Waals surface area contributed by atoms with Crippen molar-refractivity contribution in [1.82, 2.24) is 0 Å². The molecule has 0 spiro atoms. The third-order valence-electron chi connectivity index (χ3n) is 2.01. The van der Waals surface area contributed by atoms with E-state index in [1.807, 2.05) is 0 Å². The van der Waals surface area contributed by atoms with Crippen molar-refractivity contribution in [3.63, 3.8) is 0 Å². The molecule has 0 aliphatic carbocycles. The van der Waals surface area contributed by atoms with Crippen molar-refractivity contribution >= 4 is 0 Å². The van der Waals surface area contributed by atoms with Gasteiger partial charge in [0, 0.05) is 6.61 Å². The first-order chi connectivity index (χ1) is 6.41. The molecule has 0 aromatic heterocycles. The average Bonchev–Trinajstić information content (AvgIpc) is 2.02. The lowest BCUT2D eigenvalue weighted by Crippen LogP contribution is -2.51. The highest BCUT2D eigenvalue weighted by molar-refractivity contribution is 4.86. The van der Waals surface area contributed by atoms with Gasteiger partial charge in [-0.2, -0.15) is 13.2 Å². The summed E-state index contributed by atoms with van der Waals surface area (Å²) >= 11 is 0. The Balaban J connectivity index is 2.22. The molecule has 1 saturated heterocycles. The lowest BCUT2D eigenvalue weighted by molar-refractivity contribution is -0.180. The fourth-order valence-electron chi connectivity index (χ4n) is 1.36. The van der Waals surface area contributed by atoms with E-state index < -0.39 is 18.3 Å². The zero-order valence-electron chi connectivity index (χ0n) is 7.77. The van der Waals surface area contributed by atoms with Crippen LogP contribution in [-0.4, -0.2) is 38.1 Å². The molecule has 1 atom stereocenters. The molecule has 1 aliphatic heterocycles. The zero-order chi connectivity index (χ0) is 10.7. The Labute approximate surface area is 80.4 Å². The molecular weight excluding hydrogens is 199 g/mol. The van der Waals surface area contributed by atoms with Crippen LogP contribution in [0.4, 0.5) is 13.2 Å². The van der Waals surface area contributed by atoms with Crippen LogP contribution in [0.15, 0.2) is 0 Å². The number of ether oxygens (including phenoxy) is 2. The molecular formula is C8H14F3NO2. The highest BCUT2D eigenvalue weighted by atomic mass is 19.4. The van der Waals surface area contributed by atoms with E-state index in [0.717, 1.165) is 6.42 Å². The molecule has 2 N–H and O–H groups in total. The van der Waals surface area contributed by atoms with Gasteiger partial charge in [0.05, 0.1) is 18.8 Å². The summed E-state index contributed by atoms with van der Waals surface area (Å²) in [5.74, 6) is 0. The summed E-state index contributed by atoms with van der Waals surface area (Å²) in [4.78, 5) is 0. The molecule has 0 aromatic rings. The Kier molecular flexibility index (Phi) is 3.74. The van der Waals surface area contributed by atoms with Gasteiger partial charge in [-0.05, 0) is 12.8 Å². The minimum absolute atomic E-state index is 0.105. The smallest absolute Gasteiger partial charge is 0.379 e. The van der Waals surface area contributed by atoms with Crippen LogP contribution >= 0.6 is 0 Å². The van der Waals surface area contributed by atoms with Crippen molar-refractivity contribution in [2.24, 2.45) is 5.73 Å². The first-order valence-corrected chi connectivity index (χ1v) is 4.42. The van der Waals surface area contributed by atoms with Gasteiger partial charge >= 0.3 is 6.18 Å². The van der Waals surface area contributed by atoms with Crippen molar-refractivity contribution in [2.45, 2.75) is 24.6 Å². The number of rotatable bonds is 3. The van der Waals surface area contributed by atoms with E-state index in [-0.39, 0.29) is 13.2 Å². The molecule has 1 fully saturated rings. The van der Waals surface area contributed by atoms with Crippen LogP contribution < -0.4 is 5.73 Å². The molecule has 1 unspecified atom stereocenters. The molecule has 84 valence electrons. The molecule has 6 heteroatoms. The van der Waals surface area contributed by atoms with Gasteiger partial charge in [-0.15, -0.1) is 0 Å². The van der Waals surface area contributed by atoms with E-state index in [1.165, 1.54) is 0 Å². The second-order valence-electron chi connectivity index (χ2n) is 3.63. The molecule has 14 heavy (non-hydrogen) atoms. The predicted molar refractivity (Wildman–Crippen MR) is 43.8 cm³/mol. The Morgan fingerprint density at radius 1 is 1.43 bits per heavy atom. The minimum Gasteiger partial charge on any atom is -0.379 e. The number of hydrogen-bond acceptors (Lipinski definition) is 3. The van der Waals surface area contributed by atoms with Crippen molar-refractivity contribution in [1.29, 1.82) is 0 Å². The standard InChI is InChI=1S/C8H14F3NO2/c9-8(10,11)6-14-5-7(12)2-1-3-13-4-7/h1-6,12H2. The SMILES string of the molecule is NC1(COCC(F)(F)F)CCCOC1. The van der Waals surface area contributed by atoms with Crippen LogP contribution in [0, 0.1) is 0 Å². The average molecular weight is 213 g/mol. The summed E-state index contributed by atoms with van der Waals surface area (Å²) in [7, 11) is 0. The van der Waals surface area contributed by atoms with Gasteiger partial charge in [0.25, 0.3) is 0 Å². The molecule has 1 heterocycles. The van der Waals surface area contributed by atoms with E-state index >= 15 is 0 Å². The van der Waals surface area contributed by atoms with Gasteiger partial charge in [-0.1, -0.05) is 0 Å². The molecule has 0 radical (unpaired) electrons. The van der Waals surface area contributed by atoms with Crippen LogP contribution in [0.1, 0.15) is 12.8 Å². The predicted octanol–water partition coefficient (Wildman–Crippen LogP) is 1.07. The van der Waals surface area contributed by atoms with E-state index in [2.05, 4.69) is 4.74 Å². The summed E-state index contributed by atoms with van der Waals surface area (Å²) in [6.45, 7) is -0.457. The first kappa shape index (κ1) is 11.7. The number of alkyl halides is 3. The Hall–Kier alpha value is -0.330. The number of nitrogens with two attached hydrogens (primary N) is 1. The zero-order valence-corrected chi connectivity index (χ0v) is 7.77. The molecule has 3 nitrogen and oxygen atoms in total. The maximum absolute atomic E-state index is 11.7. The van der Waals surface area contributed by atoms with Crippen LogP contribution in [0.2, 0.25) is 0 Å².